The second-order valence-corrected chi connectivity index (χ2v) is 10.5. The number of hydrogen-bond donors (Lipinski definition) is 1. The molecule has 1 saturated carbocycles. The van der Waals surface area contributed by atoms with Crippen LogP contribution in [-0.2, 0) is 16.3 Å². The summed E-state index contributed by atoms with van der Waals surface area (Å²) in [5, 5.41) is 7.56. The first-order chi connectivity index (χ1) is 10.6. The predicted molar refractivity (Wildman–Crippen MR) is 86.3 cm³/mol. The largest absolute Gasteiger partial charge is 0.346 e. The molecule has 3 atom stereocenters. The Morgan fingerprint density at radius 1 is 1.35 bits per heavy atom. The summed E-state index contributed by atoms with van der Waals surface area (Å²) in [5.74, 6) is 1.35. The van der Waals surface area contributed by atoms with Crippen molar-refractivity contribution in [2.24, 2.45) is 5.92 Å². The molecule has 3 aliphatic rings. The maximum absolute atomic E-state index is 12.6. The molecule has 0 spiro atoms. The Morgan fingerprint density at radius 2 is 2.09 bits per heavy atom. The number of amides is 1. The minimum Gasteiger partial charge on any atom is -0.346 e. The van der Waals surface area contributed by atoms with Crippen LogP contribution in [0.15, 0.2) is 0 Å². The second kappa shape index (κ2) is 4.59. The van der Waals surface area contributed by atoms with Gasteiger partial charge in [-0.05, 0) is 46.0 Å². The minimum absolute atomic E-state index is 0.107. The number of nitrogens with zero attached hydrogens (tertiary/aromatic N) is 2. The van der Waals surface area contributed by atoms with Gasteiger partial charge in [0.1, 0.15) is 0 Å². The summed E-state index contributed by atoms with van der Waals surface area (Å²) >= 11 is 0. The number of hydrogen-bond acceptors (Lipinski definition) is 4. The molecule has 6 nitrogen and oxygen atoms in total. The first kappa shape index (κ1) is 15.2. The van der Waals surface area contributed by atoms with Gasteiger partial charge in [-0.15, -0.1) is 0 Å². The van der Waals surface area contributed by atoms with Crippen molar-refractivity contribution in [3.63, 3.8) is 0 Å². The molecule has 2 fully saturated rings. The lowest BCUT2D eigenvalue weighted by Gasteiger charge is -2.20. The van der Waals surface area contributed by atoms with Gasteiger partial charge in [0.05, 0.1) is 17.5 Å². The standard InChI is InChI=1S/C16H23N3O3S/c1-16(2,3)17-15(20)13-12-7-9-6-11(9)14(12)19(18-13)10-4-5-23(21,22)8-10/h9-11H,4-8H2,1-3H3,(H,17,20)/t9-,10?,11-/m1/s1. The van der Waals surface area contributed by atoms with Gasteiger partial charge in [0.2, 0.25) is 0 Å². The van der Waals surface area contributed by atoms with Crippen LogP contribution >= 0.6 is 0 Å². The van der Waals surface area contributed by atoms with Crippen molar-refractivity contribution in [3.05, 3.63) is 17.0 Å². The van der Waals surface area contributed by atoms with E-state index in [1.165, 1.54) is 0 Å². The smallest absolute Gasteiger partial charge is 0.272 e. The van der Waals surface area contributed by atoms with Gasteiger partial charge in [0.25, 0.3) is 5.91 Å². The molecule has 0 radical (unpaired) electrons. The van der Waals surface area contributed by atoms with Crippen LogP contribution in [0.3, 0.4) is 0 Å². The molecule has 1 saturated heterocycles. The highest BCUT2D eigenvalue weighted by Gasteiger charge is 2.51. The molecule has 1 aromatic rings. The van der Waals surface area contributed by atoms with E-state index in [-0.39, 0.29) is 29.0 Å². The van der Waals surface area contributed by atoms with E-state index in [1.54, 1.807) is 0 Å². The van der Waals surface area contributed by atoms with Gasteiger partial charge in [-0.2, -0.15) is 5.10 Å². The van der Waals surface area contributed by atoms with Crippen LogP contribution in [0.2, 0.25) is 0 Å². The van der Waals surface area contributed by atoms with Crippen molar-refractivity contribution in [1.29, 1.82) is 0 Å². The van der Waals surface area contributed by atoms with Gasteiger partial charge in [-0.1, -0.05) is 0 Å². The van der Waals surface area contributed by atoms with Gasteiger partial charge in [0.15, 0.2) is 15.5 Å². The Hall–Kier alpha value is -1.37. The Labute approximate surface area is 136 Å². The van der Waals surface area contributed by atoms with E-state index in [4.69, 9.17) is 0 Å². The lowest BCUT2D eigenvalue weighted by atomic mass is 10.1. The number of fused-ring (bicyclic) bond motifs is 3. The van der Waals surface area contributed by atoms with Crippen molar-refractivity contribution in [2.45, 2.75) is 57.5 Å². The van der Waals surface area contributed by atoms with Crippen LogP contribution in [0.1, 0.15) is 67.3 Å². The maximum Gasteiger partial charge on any atom is 0.272 e. The minimum atomic E-state index is -2.97. The third kappa shape index (κ3) is 2.58. The van der Waals surface area contributed by atoms with E-state index in [0.717, 1.165) is 24.1 Å². The number of sulfone groups is 1. The van der Waals surface area contributed by atoms with Crippen molar-refractivity contribution in [1.82, 2.24) is 15.1 Å². The fourth-order valence-corrected chi connectivity index (χ4v) is 5.67. The molecule has 2 aliphatic carbocycles. The summed E-state index contributed by atoms with van der Waals surface area (Å²) < 4.78 is 25.5. The summed E-state index contributed by atoms with van der Waals surface area (Å²) in [6.45, 7) is 5.84. The second-order valence-electron chi connectivity index (χ2n) is 8.22. The van der Waals surface area contributed by atoms with E-state index >= 15 is 0 Å². The Kier molecular flexibility index (Phi) is 3.03. The molecule has 4 rings (SSSR count). The van der Waals surface area contributed by atoms with Crippen LogP contribution in [-0.4, -0.2) is 41.2 Å². The van der Waals surface area contributed by atoms with E-state index in [1.807, 2.05) is 25.5 Å². The first-order valence-corrected chi connectivity index (χ1v) is 10.1. The zero-order valence-corrected chi connectivity index (χ0v) is 14.6. The topological polar surface area (TPSA) is 81.1 Å². The van der Waals surface area contributed by atoms with Crippen LogP contribution < -0.4 is 5.32 Å². The summed E-state index contributed by atoms with van der Waals surface area (Å²) in [4.78, 5) is 12.6. The summed E-state index contributed by atoms with van der Waals surface area (Å²) in [7, 11) is -2.97. The Balaban J connectivity index is 1.71. The average Bonchev–Trinajstić information content (AvgIpc) is 2.77. The summed E-state index contributed by atoms with van der Waals surface area (Å²) in [5.41, 5.74) is 2.38. The van der Waals surface area contributed by atoms with E-state index < -0.39 is 9.84 Å². The van der Waals surface area contributed by atoms with Gasteiger partial charge in [-0.3, -0.25) is 9.48 Å². The molecule has 1 aliphatic heterocycles. The van der Waals surface area contributed by atoms with E-state index in [2.05, 4.69) is 10.4 Å². The maximum atomic E-state index is 12.6. The average molecular weight is 337 g/mol. The lowest BCUT2D eigenvalue weighted by molar-refractivity contribution is 0.0912. The molecule has 7 heteroatoms. The monoisotopic (exact) mass is 337 g/mol. The first-order valence-electron chi connectivity index (χ1n) is 8.29. The van der Waals surface area contributed by atoms with Gasteiger partial charge < -0.3 is 5.32 Å². The third-order valence-corrected chi connectivity index (χ3v) is 6.80. The number of nitrogens with one attached hydrogen (secondary N) is 1. The van der Waals surface area contributed by atoms with E-state index in [9.17, 15) is 13.2 Å². The highest BCUT2D eigenvalue weighted by Crippen LogP contribution is 2.57. The highest BCUT2D eigenvalue weighted by molar-refractivity contribution is 7.91. The molecule has 1 amide bonds. The predicted octanol–water partition coefficient (Wildman–Crippen LogP) is 1.43. The normalized spacial score (nSPS) is 30.8. The quantitative estimate of drug-likeness (QED) is 0.885. The molecule has 2 heterocycles. The van der Waals surface area contributed by atoms with Gasteiger partial charge in [0, 0.05) is 22.7 Å². The number of carbonyl (C=O) groups is 1. The molecular weight excluding hydrogens is 314 g/mol. The van der Waals surface area contributed by atoms with Crippen molar-refractivity contribution < 1.29 is 13.2 Å². The van der Waals surface area contributed by atoms with Gasteiger partial charge >= 0.3 is 0 Å². The molecule has 1 unspecified atom stereocenters. The fraction of sp³-hybridized carbons (Fsp3) is 0.750. The van der Waals surface area contributed by atoms with Crippen LogP contribution in [0.4, 0.5) is 0 Å². The molecule has 1 aromatic heterocycles. The van der Waals surface area contributed by atoms with Crippen molar-refractivity contribution in [2.75, 3.05) is 11.5 Å². The summed E-state index contributed by atoms with van der Waals surface area (Å²) in [6.07, 6.45) is 2.67. The molecule has 0 bridgehead atoms. The van der Waals surface area contributed by atoms with Crippen LogP contribution in [0.25, 0.3) is 0 Å². The third-order valence-electron chi connectivity index (χ3n) is 5.05. The molecule has 0 aromatic carbocycles. The Bertz CT molecular complexity index is 788. The molecule has 1 N–H and O–H groups in total. The van der Waals surface area contributed by atoms with Crippen LogP contribution in [0.5, 0.6) is 0 Å². The highest BCUT2D eigenvalue weighted by atomic mass is 32.2. The zero-order valence-electron chi connectivity index (χ0n) is 13.8. The molecular formula is C16H23N3O3S. The van der Waals surface area contributed by atoms with E-state index in [0.29, 0.717) is 24.0 Å². The van der Waals surface area contributed by atoms with Crippen molar-refractivity contribution >= 4 is 15.7 Å². The molecule has 126 valence electrons. The number of aromatic nitrogens is 2. The number of carbonyl (C=O) groups excluding carboxylic acids is 1. The van der Waals surface area contributed by atoms with Gasteiger partial charge in [-0.25, -0.2) is 8.42 Å². The van der Waals surface area contributed by atoms with Crippen LogP contribution in [0, 0.1) is 5.92 Å². The Morgan fingerprint density at radius 3 is 2.70 bits per heavy atom. The molecule has 23 heavy (non-hydrogen) atoms. The van der Waals surface area contributed by atoms with Crippen molar-refractivity contribution in [3.8, 4) is 0 Å². The zero-order chi connectivity index (χ0) is 16.6. The summed E-state index contributed by atoms with van der Waals surface area (Å²) in [6, 6.07) is -0.107. The SMILES string of the molecule is CC(C)(C)NC(=O)c1nn(C2CCS(=O)(=O)C2)c2c1C[C@H]1C[C@@H]21. The number of rotatable bonds is 2. The lowest BCUT2D eigenvalue weighted by Crippen LogP contribution is -2.41. The fourth-order valence-electron chi connectivity index (χ4n) is 3.98.